The van der Waals surface area contributed by atoms with Gasteiger partial charge < -0.3 is 4.90 Å². The molecule has 0 bridgehead atoms. The van der Waals surface area contributed by atoms with Crippen LogP contribution in [0.3, 0.4) is 0 Å². The van der Waals surface area contributed by atoms with Crippen LogP contribution in [0.2, 0.25) is 5.02 Å². The molecular weight excluding hydrogens is 390 g/mol. The lowest BCUT2D eigenvalue weighted by Crippen LogP contribution is -2.42. The summed E-state index contributed by atoms with van der Waals surface area (Å²) >= 11 is 7.81. The molecule has 0 radical (unpaired) electrons. The van der Waals surface area contributed by atoms with Crippen LogP contribution in [0.4, 0.5) is 0 Å². The molecule has 2 aromatic carbocycles. The highest BCUT2D eigenvalue weighted by Gasteiger charge is 2.34. The van der Waals surface area contributed by atoms with E-state index in [1.54, 1.807) is 4.90 Å². The van der Waals surface area contributed by atoms with Crippen LogP contribution in [-0.4, -0.2) is 49.1 Å². The van der Waals surface area contributed by atoms with Crippen LogP contribution < -0.4 is 0 Å². The van der Waals surface area contributed by atoms with Crippen molar-refractivity contribution in [1.29, 1.82) is 0 Å². The fraction of sp³-hybridized carbons (Fsp3) is 0.421. The molecule has 1 fully saturated rings. The number of sulfone groups is 1. The van der Waals surface area contributed by atoms with E-state index in [0.29, 0.717) is 18.0 Å². The van der Waals surface area contributed by atoms with Gasteiger partial charge in [0.2, 0.25) is 5.91 Å². The van der Waals surface area contributed by atoms with Crippen molar-refractivity contribution in [2.75, 3.05) is 23.8 Å². The minimum Gasteiger partial charge on any atom is -0.338 e. The summed E-state index contributed by atoms with van der Waals surface area (Å²) in [5.41, 5.74) is 0. The first-order valence-corrected chi connectivity index (χ1v) is 11.9. The molecule has 1 unspecified atom stereocenters. The molecule has 4 nitrogen and oxygen atoms in total. The minimum atomic E-state index is -3.01. The third-order valence-corrected chi connectivity index (χ3v) is 7.71. The lowest BCUT2D eigenvalue weighted by Gasteiger charge is -2.28. The summed E-state index contributed by atoms with van der Waals surface area (Å²) in [6.45, 7) is 2.59. The van der Waals surface area contributed by atoms with Crippen molar-refractivity contribution >= 4 is 49.9 Å². The summed E-state index contributed by atoms with van der Waals surface area (Å²) in [6.07, 6.45) is 1.35. The first-order chi connectivity index (χ1) is 12.4. The molecule has 0 aliphatic carbocycles. The van der Waals surface area contributed by atoms with Crippen LogP contribution in [0.1, 0.15) is 19.8 Å². The zero-order valence-corrected chi connectivity index (χ0v) is 17.0. The summed E-state index contributed by atoms with van der Waals surface area (Å²) in [7, 11) is -3.01. The Morgan fingerprint density at radius 3 is 2.65 bits per heavy atom. The van der Waals surface area contributed by atoms with Gasteiger partial charge in [0, 0.05) is 27.9 Å². The Bertz CT molecular complexity index is 909. The topological polar surface area (TPSA) is 54.5 Å². The predicted molar refractivity (Wildman–Crippen MR) is 109 cm³/mol. The summed E-state index contributed by atoms with van der Waals surface area (Å²) in [5, 5.41) is 2.67. The number of rotatable bonds is 6. The normalized spacial score (nSPS) is 18.9. The fourth-order valence-corrected chi connectivity index (χ4v) is 6.44. The Kier molecular flexibility index (Phi) is 6.15. The molecule has 1 aliphatic rings. The number of thioether (sulfide) groups is 1. The Balaban J connectivity index is 1.75. The lowest BCUT2D eigenvalue weighted by molar-refractivity contribution is -0.130. The molecule has 0 spiro atoms. The quantitative estimate of drug-likeness (QED) is 0.674. The number of hydrogen-bond donors (Lipinski definition) is 0. The maximum absolute atomic E-state index is 12.8. The Hall–Kier alpha value is -1.24. The van der Waals surface area contributed by atoms with Gasteiger partial charge in [0.05, 0.1) is 17.3 Å². The second-order valence-electron chi connectivity index (χ2n) is 6.53. The number of halogens is 1. The van der Waals surface area contributed by atoms with Crippen molar-refractivity contribution in [3.05, 3.63) is 41.4 Å². The molecule has 0 saturated carbocycles. The Morgan fingerprint density at radius 1 is 1.27 bits per heavy atom. The van der Waals surface area contributed by atoms with Gasteiger partial charge in [-0.2, -0.15) is 0 Å². The van der Waals surface area contributed by atoms with Gasteiger partial charge in [0.25, 0.3) is 0 Å². The Morgan fingerprint density at radius 2 is 2.00 bits per heavy atom. The Labute approximate surface area is 163 Å². The maximum Gasteiger partial charge on any atom is 0.233 e. The molecule has 1 amide bonds. The highest BCUT2D eigenvalue weighted by atomic mass is 35.5. The standard InChI is InChI=1S/C19H22ClNO3S2/c1-2-10-21(15-9-11-26(23,24)13-15)18(22)12-25-17-8-4-6-14-5-3-7-16(20)19(14)17/h3-8,15H,2,9-13H2,1H3. The van der Waals surface area contributed by atoms with Gasteiger partial charge in [-0.1, -0.05) is 42.8 Å². The van der Waals surface area contributed by atoms with Crippen LogP contribution >= 0.6 is 23.4 Å². The molecule has 26 heavy (non-hydrogen) atoms. The van der Waals surface area contributed by atoms with E-state index >= 15 is 0 Å². The zero-order valence-electron chi connectivity index (χ0n) is 14.7. The van der Waals surface area contributed by atoms with E-state index in [2.05, 4.69) is 0 Å². The maximum atomic E-state index is 12.8. The smallest absolute Gasteiger partial charge is 0.233 e. The highest BCUT2D eigenvalue weighted by Crippen LogP contribution is 2.33. The van der Waals surface area contributed by atoms with Crippen LogP contribution in [-0.2, 0) is 14.6 Å². The SMILES string of the molecule is CCCN(C(=O)CSc1cccc2cccc(Cl)c12)C1CCS(=O)(=O)C1. The largest absolute Gasteiger partial charge is 0.338 e. The molecular formula is C19H22ClNO3S2. The molecule has 1 saturated heterocycles. The van der Waals surface area contributed by atoms with Gasteiger partial charge in [-0.15, -0.1) is 11.8 Å². The molecule has 2 aromatic rings. The minimum absolute atomic E-state index is 0.0111. The van der Waals surface area contributed by atoms with E-state index in [0.717, 1.165) is 22.1 Å². The van der Waals surface area contributed by atoms with Crippen molar-refractivity contribution in [2.45, 2.75) is 30.7 Å². The molecule has 1 heterocycles. The molecule has 3 rings (SSSR count). The summed E-state index contributed by atoms with van der Waals surface area (Å²) < 4.78 is 23.6. The van der Waals surface area contributed by atoms with E-state index in [-0.39, 0.29) is 29.2 Å². The van der Waals surface area contributed by atoms with Crippen molar-refractivity contribution in [1.82, 2.24) is 4.90 Å². The summed E-state index contributed by atoms with van der Waals surface area (Å²) in [4.78, 5) is 15.5. The van der Waals surface area contributed by atoms with Gasteiger partial charge in [-0.25, -0.2) is 8.42 Å². The van der Waals surface area contributed by atoms with E-state index in [1.807, 2.05) is 43.3 Å². The average Bonchev–Trinajstić information content (AvgIpc) is 2.97. The second kappa shape index (κ2) is 8.19. The molecule has 7 heteroatoms. The van der Waals surface area contributed by atoms with E-state index in [1.165, 1.54) is 11.8 Å². The lowest BCUT2D eigenvalue weighted by atomic mass is 10.1. The third kappa shape index (κ3) is 4.35. The molecule has 1 atom stereocenters. The fourth-order valence-electron chi connectivity index (χ4n) is 3.38. The number of fused-ring (bicyclic) bond motifs is 1. The molecule has 140 valence electrons. The van der Waals surface area contributed by atoms with Crippen molar-refractivity contribution in [2.24, 2.45) is 0 Å². The average molecular weight is 412 g/mol. The third-order valence-electron chi connectivity index (χ3n) is 4.60. The van der Waals surface area contributed by atoms with Gasteiger partial charge in [0.1, 0.15) is 0 Å². The number of nitrogens with zero attached hydrogens (tertiary/aromatic N) is 1. The summed E-state index contributed by atoms with van der Waals surface area (Å²) in [5.74, 6) is 0.532. The summed E-state index contributed by atoms with van der Waals surface area (Å²) in [6, 6.07) is 11.5. The van der Waals surface area contributed by atoms with E-state index in [9.17, 15) is 13.2 Å². The molecule has 0 N–H and O–H groups in total. The van der Waals surface area contributed by atoms with Gasteiger partial charge >= 0.3 is 0 Å². The predicted octanol–water partition coefficient (Wildman–Crippen LogP) is 4.01. The van der Waals surface area contributed by atoms with Gasteiger partial charge in [-0.3, -0.25) is 4.79 Å². The zero-order chi connectivity index (χ0) is 18.7. The van der Waals surface area contributed by atoms with Gasteiger partial charge in [-0.05, 0) is 30.4 Å². The molecule has 1 aliphatic heterocycles. The second-order valence-corrected chi connectivity index (χ2v) is 10.2. The van der Waals surface area contributed by atoms with E-state index in [4.69, 9.17) is 11.6 Å². The molecule has 0 aromatic heterocycles. The monoisotopic (exact) mass is 411 g/mol. The number of benzene rings is 2. The van der Waals surface area contributed by atoms with Crippen molar-refractivity contribution in [3.63, 3.8) is 0 Å². The van der Waals surface area contributed by atoms with Crippen molar-refractivity contribution in [3.8, 4) is 0 Å². The van der Waals surface area contributed by atoms with Crippen LogP contribution in [0.15, 0.2) is 41.3 Å². The number of amides is 1. The van der Waals surface area contributed by atoms with Crippen LogP contribution in [0.5, 0.6) is 0 Å². The first kappa shape index (κ1) is 19.5. The number of carbonyl (C=O) groups excluding carboxylic acids is 1. The number of carbonyl (C=O) groups is 1. The van der Waals surface area contributed by atoms with Crippen LogP contribution in [0, 0.1) is 0 Å². The van der Waals surface area contributed by atoms with Crippen molar-refractivity contribution < 1.29 is 13.2 Å². The van der Waals surface area contributed by atoms with Crippen LogP contribution in [0.25, 0.3) is 10.8 Å². The first-order valence-electron chi connectivity index (χ1n) is 8.71. The van der Waals surface area contributed by atoms with Gasteiger partial charge in [0.15, 0.2) is 9.84 Å². The number of hydrogen-bond acceptors (Lipinski definition) is 4. The van der Waals surface area contributed by atoms with E-state index < -0.39 is 9.84 Å². The highest BCUT2D eigenvalue weighted by molar-refractivity contribution is 8.00.